The predicted octanol–water partition coefficient (Wildman–Crippen LogP) is 2.78. The highest BCUT2D eigenvalue weighted by atomic mass is 16.1. The largest absolute Gasteiger partial charge is 0.375 e. The van der Waals surface area contributed by atoms with E-state index in [2.05, 4.69) is 24.2 Å². The molecule has 4 nitrogen and oxygen atoms in total. The van der Waals surface area contributed by atoms with Crippen LogP contribution in [-0.2, 0) is 0 Å². The number of carbonyl (C=O) groups is 1. The molecule has 2 atom stereocenters. The van der Waals surface area contributed by atoms with Crippen LogP contribution < -0.4 is 16.0 Å². The Hall–Kier alpha value is -1.55. The SMILES string of the molecule is CCCCN(C)c1ccc(C(=O)NC2CCCC2CN)cc1. The van der Waals surface area contributed by atoms with Gasteiger partial charge in [0, 0.05) is 30.9 Å². The fourth-order valence-electron chi connectivity index (χ4n) is 3.15. The molecule has 1 aliphatic carbocycles. The van der Waals surface area contributed by atoms with E-state index in [0.29, 0.717) is 12.5 Å². The first kappa shape index (κ1) is 16.8. The number of nitrogens with one attached hydrogen (secondary N) is 1. The number of amides is 1. The molecule has 122 valence electrons. The van der Waals surface area contributed by atoms with Gasteiger partial charge in [-0.3, -0.25) is 4.79 Å². The topological polar surface area (TPSA) is 58.4 Å². The van der Waals surface area contributed by atoms with E-state index in [1.54, 1.807) is 0 Å². The zero-order valence-electron chi connectivity index (χ0n) is 13.8. The molecule has 0 bridgehead atoms. The quantitative estimate of drug-likeness (QED) is 0.814. The van der Waals surface area contributed by atoms with Crippen LogP contribution in [0.5, 0.6) is 0 Å². The summed E-state index contributed by atoms with van der Waals surface area (Å²) < 4.78 is 0. The van der Waals surface area contributed by atoms with Gasteiger partial charge in [0.2, 0.25) is 0 Å². The number of nitrogens with zero attached hydrogens (tertiary/aromatic N) is 1. The van der Waals surface area contributed by atoms with Gasteiger partial charge in [0.25, 0.3) is 5.91 Å². The highest BCUT2D eigenvalue weighted by Crippen LogP contribution is 2.25. The standard InChI is InChI=1S/C18H29N3O/c1-3-4-12-21(2)16-10-8-14(9-11-16)18(22)20-17-7-5-6-15(17)13-19/h8-11,15,17H,3-7,12-13,19H2,1-2H3,(H,20,22). The predicted molar refractivity (Wildman–Crippen MR) is 92.3 cm³/mol. The molecule has 0 saturated heterocycles. The monoisotopic (exact) mass is 303 g/mol. The first-order valence-electron chi connectivity index (χ1n) is 8.47. The van der Waals surface area contributed by atoms with Gasteiger partial charge in [-0.05, 0) is 56.0 Å². The van der Waals surface area contributed by atoms with E-state index in [9.17, 15) is 4.79 Å². The fourth-order valence-corrected chi connectivity index (χ4v) is 3.15. The van der Waals surface area contributed by atoms with Gasteiger partial charge < -0.3 is 16.0 Å². The van der Waals surface area contributed by atoms with Crippen molar-refractivity contribution in [2.75, 3.05) is 25.0 Å². The molecule has 1 fully saturated rings. The van der Waals surface area contributed by atoms with Crippen molar-refractivity contribution in [3.63, 3.8) is 0 Å². The second kappa shape index (κ2) is 8.18. The van der Waals surface area contributed by atoms with Crippen LogP contribution in [0.4, 0.5) is 5.69 Å². The minimum atomic E-state index is 0.0214. The lowest BCUT2D eigenvalue weighted by atomic mass is 10.0. The van der Waals surface area contributed by atoms with E-state index in [1.807, 2.05) is 24.3 Å². The lowest BCUT2D eigenvalue weighted by Gasteiger charge is -2.21. The van der Waals surface area contributed by atoms with Crippen molar-refractivity contribution in [1.29, 1.82) is 0 Å². The van der Waals surface area contributed by atoms with Gasteiger partial charge in [0.05, 0.1) is 0 Å². The maximum Gasteiger partial charge on any atom is 0.251 e. The molecule has 0 heterocycles. The van der Waals surface area contributed by atoms with E-state index in [0.717, 1.165) is 37.1 Å². The number of rotatable bonds is 7. The summed E-state index contributed by atoms with van der Waals surface area (Å²) in [6, 6.07) is 8.13. The van der Waals surface area contributed by atoms with Gasteiger partial charge >= 0.3 is 0 Å². The Labute approximate surface area is 134 Å². The molecule has 22 heavy (non-hydrogen) atoms. The lowest BCUT2D eigenvalue weighted by Crippen LogP contribution is -2.39. The summed E-state index contributed by atoms with van der Waals surface area (Å²) in [6.07, 6.45) is 5.71. The van der Waals surface area contributed by atoms with Crippen LogP contribution in [0.25, 0.3) is 0 Å². The number of anilines is 1. The maximum absolute atomic E-state index is 12.3. The van der Waals surface area contributed by atoms with Crippen LogP contribution in [0.2, 0.25) is 0 Å². The van der Waals surface area contributed by atoms with Crippen LogP contribution in [0.1, 0.15) is 49.4 Å². The fraction of sp³-hybridized carbons (Fsp3) is 0.611. The van der Waals surface area contributed by atoms with Gasteiger partial charge in [-0.15, -0.1) is 0 Å². The van der Waals surface area contributed by atoms with Crippen LogP contribution in [0, 0.1) is 5.92 Å². The number of benzene rings is 1. The first-order valence-corrected chi connectivity index (χ1v) is 8.47. The molecular formula is C18H29N3O. The van der Waals surface area contributed by atoms with Gasteiger partial charge in [-0.2, -0.15) is 0 Å². The molecule has 1 aromatic carbocycles. The van der Waals surface area contributed by atoms with E-state index >= 15 is 0 Å². The third kappa shape index (κ3) is 4.23. The molecule has 0 aromatic heterocycles. The van der Waals surface area contributed by atoms with Crippen molar-refractivity contribution in [3.05, 3.63) is 29.8 Å². The molecule has 1 aliphatic rings. The van der Waals surface area contributed by atoms with E-state index < -0.39 is 0 Å². The summed E-state index contributed by atoms with van der Waals surface area (Å²) >= 11 is 0. The summed E-state index contributed by atoms with van der Waals surface area (Å²) in [7, 11) is 2.09. The molecule has 1 saturated carbocycles. The minimum absolute atomic E-state index is 0.0214. The Kier molecular flexibility index (Phi) is 6.25. The van der Waals surface area contributed by atoms with Crippen molar-refractivity contribution < 1.29 is 4.79 Å². The molecule has 2 rings (SSSR count). The average Bonchev–Trinajstić information content (AvgIpc) is 2.99. The molecule has 4 heteroatoms. The van der Waals surface area contributed by atoms with Crippen LogP contribution in [-0.4, -0.2) is 32.1 Å². The molecular weight excluding hydrogens is 274 g/mol. The normalized spacial score (nSPS) is 20.9. The second-order valence-electron chi connectivity index (χ2n) is 6.33. The average molecular weight is 303 g/mol. The smallest absolute Gasteiger partial charge is 0.251 e. The van der Waals surface area contributed by atoms with Crippen LogP contribution in [0.15, 0.2) is 24.3 Å². The number of hydrogen-bond acceptors (Lipinski definition) is 3. The molecule has 0 aliphatic heterocycles. The van der Waals surface area contributed by atoms with Crippen LogP contribution in [0.3, 0.4) is 0 Å². The van der Waals surface area contributed by atoms with E-state index in [4.69, 9.17) is 5.73 Å². The van der Waals surface area contributed by atoms with Gasteiger partial charge in [-0.1, -0.05) is 19.8 Å². The summed E-state index contributed by atoms with van der Waals surface area (Å²) in [4.78, 5) is 14.6. The number of carbonyl (C=O) groups excluding carboxylic acids is 1. The minimum Gasteiger partial charge on any atom is -0.375 e. The van der Waals surface area contributed by atoms with Crippen molar-refractivity contribution in [1.82, 2.24) is 5.32 Å². The van der Waals surface area contributed by atoms with Crippen molar-refractivity contribution in [2.45, 2.75) is 45.1 Å². The molecule has 1 aromatic rings. The Bertz CT molecular complexity index is 472. The third-order valence-corrected chi connectivity index (χ3v) is 4.70. The van der Waals surface area contributed by atoms with Gasteiger partial charge in [0.1, 0.15) is 0 Å². The van der Waals surface area contributed by atoms with Crippen molar-refractivity contribution in [2.24, 2.45) is 11.7 Å². The molecule has 0 spiro atoms. The zero-order valence-corrected chi connectivity index (χ0v) is 13.8. The summed E-state index contributed by atoms with van der Waals surface area (Å²) in [5, 5.41) is 3.15. The Balaban J connectivity index is 1.93. The summed E-state index contributed by atoms with van der Waals surface area (Å²) in [6.45, 7) is 3.90. The highest BCUT2D eigenvalue weighted by Gasteiger charge is 2.27. The van der Waals surface area contributed by atoms with Gasteiger partial charge in [0.15, 0.2) is 0 Å². The second-order valence-corrected chi connectivity index (χ2v) is 6.33. The molecule has 1 amide bonds. The number of nitrogens with two attached hydrogens (primary N) is 1. The Morgan fingerprint density at radius 3 is 2.68 bits per heavy atom. The van der Waals surface area contributed by atoms with Gasteiger partial charge in [-0.25, -0.2) is 0 Å². The third-order valence-electron chi connectivity index (χ3n) is 4.70. The summed E-state index contributed by atoms with van der Waals surface area (Å²) in [5.74, 6) is 0.455. The highest BCUT2D eigenvalue weighted by molar-refractivity contribution is 5.94. The zero-order chi connectivity index (χ0) is 15.9. The number of hydrogen-bond donors (Lipinski definition) is 2. The van der Waals surface area contributed by atoms with E-state index in [-0.39, 0.29) is 11.9 Å². The van der Waals surface area contributed by atoms with Crippen molar-refractivity contribution >= 4 is 11.6 Å². The molecule has 2 unspecified atom stereocenters. The van der Waals surface area contributed by atoms with Crippen molar-refractivity contribution in [3.8, 4) is 0 Å². The Morgan fingerprint density at radius 1 is 1.32 bits per heavy atom. The van der Waals surface area contributed by atoms with E-state index in [1.165, 1.54) is 12.8 Å². The first-order chi connectivity index (χ1) is 10.7. The summed E-state index contributed by atoms with van der Waals surface area (Å²) in [5.41, 5.74) is 7.66. The number of unbranched alkanes of at least 4 members (excludes halogenated alkanes) is 1. The lowest BCUT2D eigenvalue weighted by molar-refractivity contribution is 0.0929. The maximum atomic E-state index is 12.3. The molecule has 0 radical (unpaired) electrons. The Morgan fingerprint density at radius 2 is 2.05 bits per heavy atom. The molecule has 3 N–H and O–H groups in total. The van der Waals surface area contributed by atoms with Crippen LogP contribution >= 0.6 is 0 Å².